The van der Waals surface area contributed by atoms with Gasteiger partial charge in [-0.1, -0.05) is 23.4 Å². The summed E-state index contributed by atoms with van der Waals surface area (Å²) in [5.74, 6) is -1.13. The Kier molecular flexibility index (Phi) is 5.76. The van der Waals surface area contributed by atoms with E-state index in [1.807, 2.05) is 6.07 Å². The van der Waals surface area contributed by atoms with Crippen LogP contribution >= 0.6 is 0 Å². The number of fused-ring (bicyclic) bond motifs is 1. The lowest BCUT2D eigenvalue weighted by Crippen LogP contribution is -2.45. The van der Waals surface area contributed by atoms with Gasteiger partial charge in [0.2, 0.25) is 5.91 Å². The molecule has 0 bridgehead atoms. The lowest BCUT2D eigenvalue weighted by atomic mass is 9.90. The third-order valence-corrected chi connectivity index (χ3v) is 4.19. The number of hydrogen-bond acceptors (Lipinski definition) is 8. The van der Waals surface area contributed by atoms with Crippen LogP contribution in [0.2, 0.25) is 0 Å². The molecule has 3 rings (SSSR count). The molecule has 1 aliphatic rings. The van der Waals surface area contributed by atoms with Crippen molar-refractivity contribution < 1.29 is 19.1 Å². The van der Waals surface area contributed by atoms with Gasteiger partial charge in [-0.2, -0.15) is 5.21 Å². The first-order valence-corrected chi connectivity index (χ1v) is 9.09. The molecule has 4 N–H and O–H groups in total. The Balaban J connectivity index is 1.69. The second kappa shape index (κ2) is 8.25. The van der Waals surface area contributed by atoms with Gasteiger partial charge in [0.05, 0.1) is 19.0 Å². The Morgan fingerprint density at radius 2 is 1.93 bits per heavy atom. The Labute approximate surface area is 167 Å². The molecule has 2 amide bonds. The lowest BCUT2D eigenvalue weighted by Gasteiger charge is -2.21. The number of rotatable bonds is 6. The Morgan fingerprint density at radius 3 is 2.62 bits per heavy atom. The maximum absolute atomic E-state index is 12.9. The zero-order valence-electron chi connectivity index (χ0n) is 16.4. The molecule has 2 atom stereocenters. The molecule has 11 nitrogen and oxygen atoms in total. The number of nitrogens with zero attached hydrogens (tertiary/aromatic N) is 3. The molecule has 0 saturated carbocycles. The van der Waals surface area contributed by atoms with E-state index in [1.54, 1.807) is 39.0 Å². The molecule has 0 radical (unpaired) electrons. The first-order chi connectivity index (χ1) is 13.7. The highest BCUT2D eigenvalue weighted by Crippen LogP contribution is 2.36. The van der Waals surface area contributed by atoms with E-state index in [0.717, 1.165) is 0 Å². The number of alkyl carbamates (subject to hydrolysis) is 1. The minimum atomic E-state index is -0.827. The summed E-state index contributed by atoms with van der Waals surface area (Å²) < 4.78 is 5.15. The monoisotopic (exact) mass is 401 g/mol. The van der Waals surface area contributed by atoms with Gasteiger partial charge in [-0.05, 0) is 32.4 Å². The summed E-state index contributed by atoms with van der Waals surface area (Å²) in [4.78, 5) is 37.5. The number of ketones is 1. The van der Waals surface area contributed by atoms with Crippen molar-refractivity contribution in [2.75, 3.05) is 11.9 Å². The fourth-order valence-electron chi connectivity index (χ4n) is 3.02. The van der Waals surface area contributed by atoms with Crippen molar-refractivity contribution in [3.8, 4) is 0 Å². The van der Waals surface area contributed by atoms with E-state index < -0.39 is 23.7 Å². The zero-order valence-corrected chi connectivity index (χ0v) is 16.4. The number of benzene rings is 1. The summed E-state index contributed by atoms with van der Waals surface area (Å²) in [7, 11) is 0. The molecule has 1 unspecified atom stereocenters. The molecule has 0 spiro atoms. The van der Waals surface area contributed by atoms with E-state index in [4.69, 9.17) is 4.74 Å². The van der Waals surface area contributed by atoms with Gasteiger partial charge >= 0.3 is 6.09 Å². The highest BCUT2D eigenvalue weighted by atomic mass is 16.6. The fourth-order valence-corrected chi connectivity index (χ4v) is 3.02. The number of H-pyrrole nitrogens is 1. The van der Waals surface area contributed by atoms with Gasteiger partial charge < -0.3 is 20.7 Å². The van der Waals surface area contributed by atoms with Crippen molar-refractivity contribution in [2.24, 2.45) is 0 Å². The number of anilines is 1. The van der Waals surface area contributed by atoms with Gasteiger partial charge in [0.1, 0.15) is 11.6 Å². The van der Waals surface area contributed by atoms with Crippen molar-refractivity contribution in [1.82, 2.24) is 31.3 Å². The van der Waals surface area contributed by atoms with Crippen molar-refractivity contribution in [3.63, 3.8) is 0 Å². The van der Waals surface area contributed by atoms with Crippen molar-refractivity contribution in [3.05, 3.63) is 35.7 Å². The molecule has 1 aromatic carbocycles. The number of carbonyl (C=O) groups is 3. The standard InChI is InChI=1S/C18H23N7O4/c1-18(2,3)29-17(28)20-8-12(26)14-10-6-4-5-7-11(10)21-15(14)16(27)19-9-13-22-24-25-23-13/h4-7,14-15,21H,8-9H2,1-3H3,(H,19,27)(H,20,28)(H,22,23,24,25)/t14?,15-/m0/s1. The highest BCUT2D eigenvalue weighted by Gasteiger charge is 2.41. The number of para-hydroxylation sites is 1. The van der Waals surface area contributed by atoms with Crippen LogP contribution in [0.5, 0.6) is 0 Å². The van der Waals surface area contributed by atoms with Gasteiger partial charge in [0.15, 0.2) is 11.6 Å². The van der Waals surface area contributed by atoms with Crippen LogP contribution in [0.4, 0.5) is 10.5 Å². The molecule has 11 heteroatoms. The molecule has 29 heavy (non-hydrogen) atoms. The summed E-state index contributed by atoms with van der Waals surface area (Å²) in [6.07, 6.45) is -0.691. The molecule has 2 aromatic rings. The molecule has 0 aliphatic carbocycles. The molecule has 1 aromatic heterocycles. The number of amides is 2. The predicted molar refractivity (Wildman–Crippen MR) is 102 cm³/mol. The van der Waals surface area contributed by atoms with E-state index >= 15 is 0 Å². The Hall–Kier alpha value is -3.50. The van der Waals surface area contributed by atoms with Gasteiger partial charge in [-0.3, -0.25) is 9.59 Å². The van der Waals surface area contributed by atoms with Crippen molar-refractivity contribution >= 4 is 23.5 Å². The molecular formula is C18H23N7O4. The number of tetrazole rings is 1. The van der Waals surface area contributed by atoms with Gasteiger partial charge in [-0.15, -0.1) is 10.2 Å². The summed E-state index contributed by atoms with van der Waals surface area (Å²) in [6.45, 7) is 5.01. The fraction of sp³-hybridized carbons (Fsp3) is 0.444. The summed E-state index contributed by atoms with van der Waals surface area (Å²) in [6, 6.07) is 6.36. The van der Waals surface area contributed by atoms with Crippen LogP contribution < -0.4 is 16.0 Å². The third-order valence-electron chi connectivity index (χ3n) is 4.19. The Morgan fingerprint density at radius 1 is 1.17 bits per heavy atom. The summed E-state index contributed by atoms with van der Waals surface area (Å²) in [5, 5.41) is 21.5. The van der Waals surface area contributed by atoms with Crippen LogP contribution in [0.3, 0.4) is 0 Å². The second-order valence-electron chi connectivity index (χ2n) is 7.55. The first kappa shape index (κ1) is 20.2. The van der Waals surface area contributed by atoms with Crippen LogP contribution in [0.25, 0.3) is 0 Å². The number of carbonyl (C=O) groups excluding carboxylic acids is 3. The van der Waals surface area contributed by atoms with E-state index in [1.165, 1.54) is 0 Å². The van der Waals surface area contributed by atoms with E-state index in [2.05, 4.69) is 36.6 Å². The van der Waals surface area contributed by atoms with E-state index in [9.17, 15) is 14.4 Å². The Bertz CT molecular complexity index is 892. The average Bonchev–Trinajstić information content (AvgIpc) is 3.30. The van der Waals surface area contributed by atoms with Gasteiger partial charge in [0, 0.05) is 5.69 Å². The van der Waals surface area contributed by atoms with Crippen LogP contribution in [0.1, 0.15) is 38.1 Å². The molecule has 0 fully saturated rings. The van der Waals surface area contributed by atoms with Gasteiger partial charge in [-0.25, -0.2) is 4.79 Å². The lowest BCUT2D eigenvalue weighted by molar-refractivity contribution is -0.127. The van der Waals surface area contributed by atoms with Crippen LogP contribution in [0, 0.1) is 0 Å². The number of nitrogens with one attached hydrogen (secondary N) is 4. The highest BCUT2D eigenvalue weighted by molar-refractivity contribution is 6.01. The number of aromatic amines is 1. The zero-order chi connectivity index (χ0) is 21.0. The number of Topliss-reactive ketones (excluding diaryl/α,β-unsaturated/α-hetero) is 1. The summed E-state index contributed by atoms with van der Waals surface area (Å²) >= 11 is 0. The second-order valence-corrected chi connectivity index (χ2v) is 7.55. The van der Waals surface area contributed by atoms with Crippen LogP contribution in [-0.4, -0.2) is 56.6 Å². The van der Waals surface area contributed by atoms with E-state index in [-0.39, 0.29) is 24.8 Å². The quantitative estimate of drug-likeness (QED) is 0.546. The maximum Gasteiger partial charge on any atom is 0.408 e. The number of ether oxygens (including phenoxy) is 1. The first-order valence-electron chi connectivity index (χ1n) is 9.09. The molecule has 1 aliphatic heterocycles. The van der Waals surface area contributed by atoms with Crippen LogP contribution in [-0.2, 0) is 20.9 Å². The topological polar surface area (TPSA) is 151 Å². The summed E-state index contributed by atoms with van der Waals surface area (Å²) in [5.41, 5.74) is 0.720. The average molecular weight is 401 g/mol. The number of aromatic nitrogens is 4. The van der Waals surface area contributed by atoms with Crippen molar-refractivity contribution in [1.29, 1.82) is 0 Å². The largest absolute Gasteiger partial charge is 0.444 e. The minimum absolute atomic E-state index is 0.0704. The SMILES string of the molecule is CC(C)(C)OC(=O)NCC(=O)C1c2ccccc2N[C@@H]1C(=O)NCc1nn[nH]n1. The smallest absolute Gasteiger partial charge is 0.408 e. The third kappa shape index (κ3) is 5.06. The molecular weight excluding hydrogens is 378 g/mol. The molecule has 0 saturated heterocycles. The van der Waals surface area contributed by atoms with Crippen LogP contribution in [0.15, 0.2) is 24.3 Å². The van der Waals surface area contributed by atoms with Gasteiger partial charge in [0.25, 0.3) is 0 Å². The molecule has 154 valence electrons. The minimum Gasteiger partial charge on any atom is -0.444 e. The molecule has 2 heterocycles. The maximum atomic E-state index is 12.9. The van der Waals surface area contributed by atoms with E-state index in [0.29, 0.717) is 17.1 Å². The van der Waals surface area contributed by atoms with Crippen molar-refractivity contribution in [2.45, 2.75) is 44.9 Å². The number of hydrogen-bond donors (Lipinski definition) is 4. The normalized spacial score (nSPS) is 17.8. The predicted octanol–water partition coefficient (Wildman–Crippen LogP) is 0.488.